The maximum Gasteiger partial charge on any atom is 0.256 e. The molecule has 5 nitrogen and oxygen atoms in total. The lowest BCUT2D eigenvalue weighted by Gasteiger charge is -2.18. The van der Waals surface area contributed by atoms with Crippen LogP contribution in [0.15, 0.2) is 27.2 Å². The molecule has 1 aromatic heterocycles. The summed E-state index contributed by atoms with van der Waals surface area (Å²) in [6, 6.07) is 5.24. The quantitative estimate of drug-likeness (QED) is 0.874. The zero-order valence-electron chi connectivity index (χ0n) is 11.6. The molecule has 1 amide bonds. The molecule has 0 unspecified atom stereocenters. The summed E-state index contributed by atoms with van der Waals surface area (Å²) >= 11 is 3.35. The first kappa shape index (κ1) is 14.6. The number of carbonyl (C=O) groups is 1. The highest BCUT2D eigenvalue weighted by Gasteiger charge is 2.18. The van der Waals surface area contributed by atoms with Gasteiger partial charge < -0.3 is 15.2 Å². The van der Waals surface area contributed by atoms with Crippen molar-refractivity contribution in [3.05, 3.63) is 45.3 Å². The van der Waals surface area contributed by atoms with Crippen molar-refractivity contribution in [1.29, 1.82) is 0 Å². The Morgan fingerprint density at radius 2 is 2.15 bits per heavy atom. The largest absolute Gasteiger partial charge is 0.398 e. The van der Waals surface area contributed by atoms with Crippen LogP contribution in [0.5, 0.6) is 0 Å². The molecule has 106 valence electrons. The van der Waals surface area contributed by atoms with Crippen LogP contribution in [-0.2, 0) is 6.54 Å². The van der Waals surface area contributed by atoms with Crippen LogP contribution in [0.25, 0.3) is 0 Å². The summed E-state index contributed by atoms with van der Waals surface area (Å²) in [4.78, 5) is 14.0. The normalized spacial score (nSPS) is 10.6. The minimum atomic E-state index is -0.135. The first-order valence-electron chi connectivity index (χ1n) is 6.12. The molecule has 1 aromatic carbocycles. The monoisotopic (exact) mass is 337 g/mol. The number of amides is 1. The fourth-order valence-electron chi connectivity index (χ4n) is 1.96. The molecule has 0 fully saturated rings. The maximum atomic E-state index is 12.4. The van der Waals surface area contributed by atoms with E-state index in [4.69, 9.17) is 10.3 Å². The third kappa shape index (κ3) is 2.85. The van der Waals surface area contributed by atoms with Gasteiger partial charge in [-0.05, 0) is 32.0 Å². The molecule has 2 rings (SSSR count). The number of hydrogen-bond donors (Lipinski definition) is 1. The zero-order valence-corrected chi connectivity index (χ0v) is 13.2. The molecular formula is C14H16BrN3O2. The molecule has 0 radical (unpaired) electrons. The number of carbonyl (C=O) groups excluding carboxylic acids is 1. The SMILES string of the molecule is Cc1noc(C)c1CN(C)C(=O)c1cc(Br)ccc1N. The molecule has 0 saturated carbocycles. The molecule has 0 atom stereocenters. The smallest absolute Gasteiger partial charge is 0.256 e. The van der Waals surface area contributed by atoms with E-state index in [2.05, 4.69) is 21.1 Å². The molecule has 6 heteroatoms. The van der Waals surface area contributed by atoms with Crippen LogP contribution in [0.4, 0.5) is 5.69 Å². The molecule has 0 saturated heterocycles. The van der Waals surface area contributed by atoms with E-state index < -0.39 is 0 Å². The molecule has 20 heavy (non-hydrogen) atoms. The molecule has 2 N–H and O–H groups in total. The lowest BCUT2D eigenvalue weighted by atomic mass is 10.1. The number of nitrogens with two attached hydrogens (primary N) is 1. The van der Waals surface area contributed by atoms with Crippen molar-refractivity contribution in [1.82, 2.24) is 10.1 Å². The maximum absolute atomic E-state index is 12.4. The van der Waals surface area contributed by atoms with Gasteiger partial charge in [0.25, 0.3) is 5.91 Å². The molecule has 0 bridgehead atoms. The fraction of sp³-hybridized carbons (Fsp3) is 0.286. The number of hydrogen-bond acceptors (Lipinski definition) is 4. The van der Waals surface area contributed by atoms with E-state index in [9.17, 15) is 4.79 Å². The summed E-state index contributed by atoms with van der Waals surface area (Å²) in [7, 11) is 1.73. The van der Waals surface area contributed by atoms with Crippen LogP contribution in [0.1, 0.15) is 27.4 Å². The third-order valence-corrected chi connectivity index (χ3v) is 3.66. The molecule has 0 aliphatic rings. The number of aromatic nitrogens is 1. The highest BCUT2D eigenvalue weighted by atomic mass is 79.9. The number of aryl methyl sites for hydroxylation is 2. The average molecular weight is 338 g/mol. The summed E-state index contributed by atoms with van der Waals surface area (Å²) in [5.41, 5.74) is 8.53. The van der Waals surface area contributed by atoms with Gasteiger partial charge in [-0.3, -0.25) is 4.79 Å². The third-order valence-electron chi connectivity index (χ3n) is 3.17. The van der Waals surface area contributed by atoms with Gasteiger partial charge in [-0.15, -0.1) is 0 Å². The van der Waals surface area contributed by atoms with E-state index in [-0.39, 0.29) is 5.91 Å². The Balaban J connectivity index is 2.23. The van der Waals surface area contributed by atoms with Crippen LogP contribution >= 0.6 is 15.9 Å². The number of rotatable bonds is 3. The summed E-state index contributed by atoms with van der Waals surface area (Å²) < 4.78 is 5.92. The van der Waals surface area contributed by atoms with Crippen LogP contribution in [-0.4, -0.2) is 23.0 Å². The second kappa shape index (κ2) is 5.66. The fourth-order valence-corrected chi connectivity index (χ4v) is 2.32. The summed E-state index contributed by atoms with van der Waals surface area (Å²) in [6.07, 6.45) is 0. The number of anilines is 1. The van der Waals surface area contributed by atoms with Gasteiger partial charge in [0.15, 0.2) is 0 Å². The Kier molecular flexibility index (Phi) is 4.13. The Bertz CT molecular complexity index is 632. The molecule has 0 aliphatic heterocycles. The first-order valence-corrected chi connectivity index (χ1v) is 6.91. The number of nitrogen functional groups attached to an aromatic ring is 1. The van der Waals surface area contributed by atoms with Crippen molar-refractivity contribution in [3.8, 4) is 0 Å². The number of halogens is 1. The molecule has 2 aromatic rings. The van der Waals surface area contributed by atoms with E-state index in [1.807, 2.05) is 13.8 Å². The van der Waals surface area contributed by atoms with Gasteiger partial charge in [-0.25, -0.2) is 0 Å². The van der Waals surface area contributed by atoms with Gasteiger partial charge in [0.1, 0.15) is 5.76 Å². The summed E-state index contributed by atoms with van der Waals surface area (Å²) in [6.45, 7) is 4.13. The highest BCUT2D eigenvalue weighted by Crippen LogP contribution is 2.21. The molecule has 0 spiro atoms. The van der Waals surface area contributed by atoms with Crippen molar-refractivity contribution in [2.45, 2.75) is 20.4 Å². The van der Waals surface area contributed by atoms with Crippen molar-refractivity contribution < 1.29 is 9.32 Å². The van der Waals surface area contributed by atoms with E-state index in [1.54, 1.807) is 30.1 Å². The lowest BCUT2D eigenvalue weighted by molar-refractivity contribution is 0.0785. The van der Waals surface area contributed by atoms with Crippen molar-refractivity contribution in [3.63, 3.8) is 0 Å². The topological polar surface area (TPSA) is 72.4 Å². The van der Waals surface area contributed by atoms with E-state index in [0.29, 0.717) is 17.8 Å². The van der Waals surface area contributed by atoms with E-state index in [0.717, 1.165) is 21.5 Å². The second-order valence-electron chi connectivity index (χ2n) is 4.70. The Hall–Kier alpha value is -1.82. The second-order valence-corrected chi connectivity index (χ2v) is 5.61. The van der Waals surface area contributed by atoms with Crippen LogP contribution in [0, 0.1) is 13.8 Å². The minimum Gasteiger partial charge on any atom is -0.398 e. The summed E-state index contributed by atoms with van der Waals surface area (Å²) in [5, 5.41) is 3.89. The predicted octanol–water partition coefficient (Wildman–Crippen LogP) is 2.91. The zero-order chi connectivity index (χ0) is 14.9. The lowest BCUT2D eigenvalue weighted by Crippen LogP contribution is -2.27. The van der Waals surface area contributed by atoms with E-state index >= 15 is 0 Å². The van der Waals surface area contributed by atoms with Crippen LogP contribution in [0.2, 0.25) is 0 Å². The van der Waals surface area contributed by atoms with Crippen LogP contribution < -0.4 is 5.73 Å². The van der Waals surface area contributed by atoms with Crippen molar-refractivity contribution in [2.24, 2.45) is 0 Å². The standard InChI is InChI=1S/C14H16BrN3O2/c1-8-12(9(2)20-17-8)7-18(3)14(19)11-6-10(15)4-5-13(11)16/h4-6H,7,16H2,1-3H3. The van der Waals surface area contributed by atoms with Gasteiger partial charge in [0, 0.05) is 22.8 Å². The molecular weight excluding hydrogens is 322 g/mol. The first-order chi connectivity index (χ1) is 9.40. The highest BCUT2D eigenvalue weighted by molar-refractivity contribution is 9.10. The Labute approximate surface area is 125 Å². The Morgan fingerprint density at radius 3 is 2.75 bits per heavy atom. The molecule has 1 heterocycles. The van der Waals surface area contributed by atoms with Crippen LogP contribution in [0.3, 0.4) is 0 Å². The summed E-state index contributed by atoms with van der Waals surface area (Å²) in [5.74, 6) is 0.591. The van der Waals surface area contributed by atoms with Gasteiger partial charge in [0.05, 0.1) is 17.8 Å². The Morgan fingerprint density at radius 1 is 1.45 bits per heavy atom. The predicted molar refractivity (Wildman–Crippen MR) is 80.3 cm³/mol. The van der Waals surface area contributed by atoms with Crippen molar-refractivity contribution in [2.75, 3.05) is 12.8 Å². The van der Waals surface area contributed by atoms with Gasteiger partial charge in [-0.1, -0.05) is 21.1 Å². The van der Waals surface area contributed by atoms with E-state index in [1.165, 1.54) is 0 Å². The number of nitrogens with zero attached hydrogens (tertiary/aromatic N) is 2. The van der Waals surface area contributed by atoms with Gasteiger partial charge in [0.2, 0.25) is 0 Å². The van der Waals surface area contributed by atoms with Gasteiger partial charge >= 0.3 is 0 Å². The average Bonchev–Trinajstić information content (AvgIpc) is 2.72. The minimum absolute atomic E-state index is 0.135. The number of benzene rings is 1. The molecule has 0 aliphatic carbocycles. The van der Waals surface area contributed by atoms with Gasteiger partial charge in [-0.2, -0.15) is 0 Å². The van der Waals surface area contributed by atoms with Crippen molar-refractivity contribution >= 4 is 27.5 Å².